The predicted octanol–water partition coefficient (Wildman–Crippen LogP) is 11.3. The van der Waals surface area contributed by atoms with E-state index >= 15 is 0 Å². The van der Waals surface area contributed by atoms with Crippen molar-refractivity contribution in [2.75, 3.05) is 26.4 Å². The highest BCUT2D eigenvalue weighted by Gasteiger charge is 2.34. The average Bonchev–Trinajstić information content (AvgIpc) is 3.10. The Bertz CT molecular complexity index is 1950. The van der Waals surface area contributed by atoms with E-state index in [1.54, 1.807) is 0 Å². The molecule has 0 aliphatic rings. The molecule has 2 N–H and O–H groups in total. The number of halogens is 4. The SMILES string of the molecule is CC(c1ccc(-c2ccc(-c3ccc4ccccc4c3)cc2)cc1)(c1cc(Br)c(OCCO)c(Br)c1)c1cc(Br)c(OCCO)c(Br)c1. The van der Waals surface area contributed by atoms with E-state index in [0.717, 1.165) is 45.7 Å². The topological polar surface area (TPSA) is 58.9 Å². The van der Waals surface area contributed by atoms with Gasteiger partial charge in [-0.25, -0.2) is 0 Å². The van der Waals surface area contributed by atoms with Gasteiger partial charge in [-0.3, -0.25) is 0 Å². The number of rotatable bonds is 11. The molecule has 244 valence electrons. The first kappa shape index (κ1) is 34.9. The number of benzene rings is 6. The van der Waals surface area contributed by atoms with Crippen LogP contribution in [-0.2, 0) is 5.41 Å². The lowest BCUT2D eigenvalue weighted by Crippen LogP contribution is -2.26. The van der Waals surface area contributed by atoms with Gasteiger partial charge in [-0.2, -0.15) is 0 Å². The van der Waals surface area contributed by atoms with Gasteiger partial charge in [-0.15, -0.1) is 0 Å². The van der Waals surface area contributed by atoms with Gasteiger partial charge >= 0.3 is 0 Å². The quantitative estimate of drug-likeness (QED) is 0.127. The second-order valence-corrected chi connectivity index (χ2v) is 14.9. The van der Waals surface area contributed by atoms with Gasteiger partial charge in [-0.05, 0) is 151 Å². The van der Waals surface area contributed by atoms with Crippen LogP contribution in [0.1, 0.15) is 23.6 Å². The molecule has 6 rings (SSSR count). The first-order valence-electron chi connectivity index (χ1n) is 15.4. The Labute approximate surface area is 314 Å². The monoisotopic (exact) mass is 892 g/mol. The highest BCUT2D eigenvalue weighted by molar-refractivity contribution is 9.11. The number of hydrogen-bond donors (Lipinski definition) is 2. The van der Waals surface area contributed by atoms with Crippen LogP contribution in [0.15, 0.2) is 133 Å². The molecule has 0 spiro atoms. The Balaban J connectivity index is 1.39. The lowest BCUT2D eigenvalue weighted by atomic mass is 9.71. The van der Waals surface area contributed by atoms with Gasteiger partial charge in [0.05, 0.1) is 31.1 Å². The zero-order chi connectivity index (χ0) is 33.8. The summed E-state index contributed by atoms with van der Waals surface area (Å²) in [6.07, 6.45) is 0. The molecule has 4 nitrogen and oxygen atoms in total. The van der Waals surface area contributed by atoms with E-state index in [0.29, 0.717) is 11.5 Å². The van der Waals surface area contributed by atoms with Crippen molar-refractivity contribution in [1.29, 1.82) is 0 Å². The molecule has 0 radical (unpaired) electrons. The van der Waals surface area contributed by atoms with Crippen LogP contribution in [0.4, 0.5) is 0 Å². The maximum Gasteiger partial charge on any atom is 0.147 e. The van der Waals surface area contributed by atoms with E-state index in [-0.39, 0.29) is 26.4 Å². The maximum absolute atomic E-state index is 9.34. The Hall–Kier alpha value is -2.98. The normalized spacial score (nSPS) is 11.6. The van der Waals surface area contributed by atoms with Crippen molar-refractivity contribution in [3.05, 3.63) is 150 Å². The Morgan fingerprint density at radius 2 is 0.875 bits per heavy atom. The number of fused-ring (bicyclic) bond motifs is 1. The van der Waals surface area contributed by atoms with E-state index in [1.807, 2.05) is 0 Å². The third kappa shape index (κ3) is 7.16. The third-order valence-corrected chi connectivity index (χ3v) is 10.9. The van der Waals surface area contributed by atoms with Crippen molar-refractivity contribution in [2.45, 2.75) is 12.3 Å². The highest BCUT2D eigenvalue weighted by atomic mass is 79.9. The van der Waals surface area contributed by atoms with Crippen LogP contribution in [-0.4, -0.2) is 36.6 Å². The van der Waals surface area contributed by atoms with Gasteiger partial charge in [0.1, 0.15) is 24.7 Å². The molecule has 6 aromatic rings. The highest BCUT2D eigenvalue weighted by Crippen LogP contribution is 2.47. The Morgan fingerprint density at radius 1 is 0.479 bits per heavy atom. The zero-order valence-corrected chi connectivity index (χ0v) is 32.4. The summed E-state index contributed by atoms with van der Waals surface area (Å²) >= 11 is 14.9. The summed E-state index contributed by atoms with van der Waals surface area (Å²) in [5.41, 5.74) is 7.15. The van der Waals surface area contributed by atoms with Crippen LogP contribution in [0.5, 0.6) is 11.5 Å². The maximum atomic E-state index is 9.34. The predicted molar refractivity (Wildman–Crippen MR) is 209 cm³/mol. The summed E-state index contributed by atoms with van der Waals surface area (Å²) in [6.45, 7) is 2.42. The first-order valence-corrected chi connectivity index (χ1v) is 18.6. The fourth-order valence-corrected chi connectivity index (χ4v) is 8.82. The van der Waals surface area contributed by atoms with Crippen LogP contribution in [0.2, 0.25) is 0 Å². The lowest BCUT2D eigenvalue weighted by molar-refractivity contribution is 0.200. The molecule has 48 heavy (non-hydrogen) atoms. The molecule has 0 aliphatic heterocycles. The molecule has 0 fully saturated rings. The third-order valence-electron chi connectivity index (χ3n) is 8.59. The summed E-state index contributed by atoms with van der Waals surface area (Å²) in [4.78, 5) is 0. The molecule has 0 heterocycles. The van der Waals surface area contributed by atoms with E-state index in [1.165, 1.54) is 21.9 Å². The largest absolute Gasteiger partial charge is 0.489 e. The second-order valence-electron chi connectivity index (χ2n) is 11.5. The van der Waals surface area contributed by atoms with Gasteiger partial charge in [0.25, 0.3) is 0 Å². The smallest absolute Gasteiger partial charge is 0.147 e. The number of aliphatic hydroxyl groups is 2. The van der Waals surface area contributed by atoms with Crippen LogP contribution in [0.25, 0.3) is 33.0 Å². The van der Waals surface area contributed by atoms with Crippen molar-refractivity contribution >= 4 is 74.5 Å². The van der Waals surface area contributed by atoms with E-state index in [4.69, 9.17) is 9.47 Å². The minimum atomic E-state index is -0.612. The summed E-state index contributed by atoms with van der Waals surface area (Å²) < 4.78 is 14.7. The zero-order valence-electron chi connectivity index (χ0n) is 26.0. The van der Waals surface area contributed by atoms with Gasteiger partial charge < -0.3 is 19.7 Å². The molecule has 8 heteroatoms. The van der Waals surface area contributed by atoms with E-state index in [2.05, 4.69) is 186 Å². The van der Waals surface area contributed by atoms with E-state index in [9.17, 15) is 10.2 Å². The summed E-state index contributed by atoms with van der Waals surface area (Å²) in [6, 6.07) is 40.7. The number of ether oxygens (including phenoxy) is 2. The molecule has 0 bridgehead atoms. The number of aliphatic hydroxyl groups excluding tert-OH is 2. The van der Waals surface area contributed by atoms with Crippen molar-refractivity contribution in [3.8, 4) is 33.8 Å². The minimum Gasteiger partial charge on any atom is -0.489 e. The fourth-order valence-electron chi connectivity index (χ4n) is 5.99. The van der Waals surface area contributed by atoms with Crippen molar-refractivity contribution in [1.82, 2.24) is 0 Å². The molecule has 0 unspecified atom stereocenters. The molecular formula is C40H32Br4O4. The first-order chi connectivity index (χ1) is 23.2. The van der Waals surface area contributed by atoms with Crippen molar-refractivity contribution < 1.29 is 19.7 Å². The Morgan fingerprint density at radius 3 is 1.33 bits per heavy atom. The van der Waals surface area contributed by atoms with Gasteiger partial charge in [0, 0.05) is 5.41 Å². The Kier molecular flexibility index (Phi) is 11.1. The molecule has 0 aliphatic carbocycles. The lowest BCUT2D eigenvalue weighted by Gasteiger charge is -2.33. The molecule has 0 aromatic heterocycles. The van der Waals surface area contributed by atoms with Crippen LogP contribution >= 0.6 is 63.7 Å². The number of hydrogen-bond acceptors (Lipinski definition) is 4. The molecule has 0 saturated heterocycles. The minimum absolute atomic E-state index is 0.0797. The second kappa shape index (κ2) is 15.3. The van der Waals surface area contributed by atoms with Gasteiger partial charge in [-0.1, -0.05) is 84.9 Å². The van der Waals surface area contributed by atoms with E-state index < -0.39 is 5.41 Å². The van der Waals surface area contributed by atoms with Crippen LogP contribution in [0, 0.1) is 0 Å². The van der Waals surface area contributed by atoms with Crippen LogP contribution in [0.3, 0.4) is 0 Å². The van der Waals surface area contributed by atoms with Gasteiger partial charge in [0.15, 0.2) is 0 Å². The summed E-state index contributed by atoms with van der Waals surface area (Å²) in [5, 5.41) is 21.1. The molecule has 0 saturated carbocycles. The van der Waals surface area contributed by atoms with Gasteiger partial charge in [0.2, 0.25) is 0 Å². The summed E-state index contributed by atoms with van der Waals surface area (Å²) in [7, 11) is 0. The van der Waals surface area contributed by atoms with Crippen molar-refractivity contribution in [3.63, 3.8) is 0 Å². The van der Waals surface area contributed by atoms with Crippen molar-refractivity contribution in [2.24, 2.45) is 0 Å². The van der Waals surface area contributed by atoms with Crippen LogP contribution < -0.4 is 9.47 Å². The summed E-state index contributed by atoms with van der Waals surface area (Å²) in [5.74, 6) is 1.26. The standard InChI is InChI=1S/C40H32Br4O4/c1-40(32-21-34(41)38(35(42)22-32)47-18-16-45,33-23-36(43)39(37(44)24-33)48-19-17-46)31-14-12-27(13-15-31)26-6-8-28(9-7-26)30-11-10-25-4-2-3-5-29(25)20-30/h2-15,20-24,45-46H,16-19H2,1H3. The molecular weight excluding hydrogens is 864 g/mol. The average molecular weight is 896 g/mol. The molecule has 6 aromatic carbocycles. The molecule has 0 amide bonds. The fraction of sp³-hybridized carbons (Fsp3) is 0.150. The molecule has 0 atom stereocenters.